The highest BCUT2D eigenvalue weighted by Crippen LogP contribution is 2.43. The first-order chi connectivity index (χ1) is 58.0. The van der Waals surface area contributed by atoms with Crippen molar-refractivity contribution in [3.63, 3.8) is 0 Å². The molecule has 0 aliphatic rings. The van der Waals surface area contributed by atoms with Crippen LogP contribution >= 0.6 is 0 Å². The number of benzene rings is 17. The molecule has 0 radical (unpaired) electrons. The lowest BCUT2D eigenvalue weighted by molar-refractivity contribution is 1.27. The summed E-state index contributed by atoms with van der Waals surface area (Å²) in [5.41, 5.74) is 31.5. The van der Waals surface area contributed by atoms with Gasteiger partial charge in [-0.3, -0.25) is 0 Å². The van der Waals surface area contributed by atoms with Crippen molar-refractivity contribution < 1.29 is 0 Å². The van der Waals surface area contributed by atoms with Gasteiger partial charge in [0.25, 0.3) is 0 Å². The van der Waals surface area contributed by atoms with Crippen molar-refractivity contribution >= 4 is 84.3 Å². The van der Waals surface area contributed by atoms with Crippen molar-refractivity contribution in [1.82, 2.24) is 29.9 Å². The molecule has 0 saturated carbocycles. The molecule has 0 atom stereocenters. The fraction of sp³-hybridized carbons (Fsp3) is 0. The van der Waals surface area contributed by atoms with Gasteiger partial charge in [0, 0.05) is 84.6 Å². The van der Waals surface area contributed by atoms with E-state index in [4.69, 9.17) is 29.9 Å². The minimum atomic E-state index is 0.874. The number of nitrogens with zero attached hydrogens (tertiary/aromatic N) is 9. The van der Waals surface area contributed by atoms with E-state index < -0.39 is 0 Å². The van der Waals surface area contributed by atoms with Crippen LogP contribution in [0.25, 0.3) is 123 Å². The second-order valence-electron chi connectivity index (χ2n) is 28.1. The predicted molar refractivity (Wildman–Crippen MR) is 486 cm³/mol. The Bertz CT molecular complexity index is 6640. The van der Waals surface area contributed by atoms with E-state index in [0.717, 1.165) is 152 Å². The van der Waals surface area contributed by atoms with Crippen LogP contribution in [0.5, 0.6) is 0 Å². The van der Waals surface area contributed by atoms with Gasteiger partial charge in [0.15, 0.2) is 0 Å². The van der Waals surface area contributed by atoms with Crippen LogP contribution in [0, 0.1) is 0 Å². The summed E-state index contributed by atoms with van der Waals surface area (Å²) in [7, 11) is 0. The van der Waals surface area contributed by atoms with E-state index in [2.05, 4.69) is 324 Å². The van der Waals surface area contributed by atoms with Crippen LogP contribution in [0.4, 0.5) is 51.2 Å². The topological polar surface area (TPSA) is 87.1 Å². The Morgan fingerprint density at radius 3 is 0.513 bits per heavy atom. The van der Waals surface area contributed by atoms with E-state index in [1.165, 1.54) is 22.3 Å². The summed E-state index contributed by atoms with van der Waals surface area (Å²) in [5, 5.41) is 0. The molecule has 0 saturated heterocycles. The summed E-state index contributed by atoms with van der Waals surface area (Å²) in [4.78, 5) is 37.1. The quantitative estimate of drug-likeness (QED) is 0.0885. The van der Waals surface area contributed by atoms with Crippen molar-refractivity contribution in [2.45, 2.75) is 0 Å². The zero-order valence-electron chi connectivity index (χ0n) is 64.0. The molecule has 0 N–H and O–H groups in total. The highest BCUT2D eigenvalue weighted by atomic mass is 15.2. The van der Waals surface area contributed by atoms with Crippen LogP contribution in [0.15, 0.2) is 467 Å². The molecule has 0 fully saturated rings. The highest BCUT2D eigenvalue weighted by Gasteiger charge is 2.22. The summed E-state index contributed by atoms with van der Waals surface area (Å²) in [6, 6.07) is 161. The number of aromatic nitrogens is 6. The van der Waals surface area contributed by atoms with E-state index in [-0.39, 0.29) is 0 Å². The first-order valence-corrected chi connectivity index (χ1v) is 39.2. The van der Waals surface area contributed by atoms with E-state index in [9.17, 15) is 0 Å². The third-order valence-corrected chi connectivity index (χ3v) is 20.6. The van der Waals surface area contributed by atoms with Crippen molar-refractivity contribution in [3.8, 4) is 89.8 Å². The Labute approximate surface area is 681 Å². The third-order valence-electron chi connectivity index (χ3n) is 20.6. The molecule has 0 aliphatic carbocycles. The molecule has 9 nitrogen and oxygen atoms in total. The van der Waals surface area contributed by atoms with E-state index in [1.54, 1.807) is 0 Å². The second kappa shape index (κ2) is 34.4. The minimum Gasteiger partial charge on any atom is -0.311 e. The molecule has 20 rings (SSSR count). The normalized spacial score (nSPS) is 10.9. The zero-order valence-corrected chi connectivity index (χ0v) is 64.0. The van der Waals surface area contributed by atoms with Crippen molar-refractivity contribution in [2.75, 3.05) is 14.7 Å². The average molecular weight is 1500 g/mol. The van der Waals surface area contributed by atoms with E-state index in [1.807, 2.05) is 158 Å². The molecule has 17 aromatic carbocycles. The number of rotatable bonds is 17. The number of hydrogen-bond donors (Lipinski definition) is 0. The number of hydrogen-bond acceptors (Lipinski definition) is 9. The van der Waals surface area contributed by atoms with Crippen LogP contribution in [-0.2, 0) is 0 Å². The molecular weight excluding hydrogens is 1420 g/mol. The van der Waals surface area contributed by atoms with Gasteiger partial charge in [-0.15, -0.1) is 0 Å². The van der Waals surface area contributed by atoms with Crippen molar-refractivity contribution in [1.29, 1.82) is 0 Å². The van der Waals surface area contributed by atoms with Crippen LogP contribution < -0.4 is 14.7 Å². The number of para-hydroxylation sites is 10. The number of anilines is 9. The Morgan fingerprint density at radius 2 is 0.265 bits per heavy atom. The Balaban J connectivity index is 0.000000122. The molecule has 9 heteroatoms. The average Bonchev–Trinajstić information content (AvgIpc) is 0.779. The molecule has 554 valence electrons. The molecular formula is C108H77N9. The first kappa shape index (κ1) is 72.7. The van der Waals surface area contributed by atoms with Gasteiger partial charge < -0.3 is 14.7 Å². The van der Waals surface area contributed by atoms with Crippen LogP contribution in [-0.4, -0.2) is 29.9 Å². The third kappa shape index (κ3) is 16.3. The van der Waals surface area contributed by atoms with Gasteiger partial charge >= 0.3 is 0 Å². The van der Waals surface area contributed by atoms with E-state index >= 15 is 0 Å². The predicted octanol–water partition coefficient (Wildman–Crippen LogP) is 28.6. The van der Waals surface area contributed by atoms with Gasteiger partial charge in [-0.25, -0.2) is 29.9 Å². The Morgan fingerprint density at radius 1 is 0.111 bits per heavy atom. The largest absolute Gasteiger partial charge is 0.311 e. The molecule has 0 unspecified atom stereocenters. The van der Waals surface area contributed by atoms with Crippen LogP contribution in [0.3, 0.4) is 0 Å². The van der Waals surface area contributed by atoms with Gasteiger partial charge in [-0.05, 0) is 168 Å². The van der Waals surface area contributed by atoms with E-state index in [0.29, 0.717) is 0 Å². The Kier molecular flexibility index (Phi) is 21.4. The SMILES string of the molecule is c1ccc(-c2ccc(N(c3ccccc3)c3ccc(-c4nc5ccccc5nc4-c4ccccc4)cc3)cc2)cc1.c1ccc(-c2cccc(N(c3ccccc3)c3ccc(-c4nc5ccccc5nc4-c4ccccc4)cc3)c2)cc1.c1ccc(-c2nc3ccccc3nc2-c2ccc(N(c3ccccc3)c3ccccc3)cc2)cc1. The van der Waals surface area contributed by atoms with Crippen LogP contribution in [0.1, 0.15) is 0 Å². The van der Waals surface area contributed by atoms with Crippen molar-refractivity contribution in [2.24, 2.45) is 0 Å². The molecule has 0 spiro atoms. The lowest BCUT2D eigenvalue weighted by Crippen LogP contribution is -2.09. The van der Waals surface area contributed by atoms with Gasteiger partial charge in [0.1, 0.15) is 0 Å². The monoisotopic (exact) mass is 1500 g/mol. The maximum Gasteiger partial charge on any atom is 0.0973 e. The van der Waals surface area contributed by atoms with Gasteiger partial charge in [0.05, 0.1) is 67.3 Å². The summed E-state index contributed by atoms with van der Waals surface area (Å²) < 4.78 is 0. The van der Waals surface area contributed by atoms with Gasteiger partial charge in [-0.1, -0.05) is 322 Å². The summed E-state index contributed by atoms with van der Waals surface area (Å²) >= 11 is 0. The number of fused-ring (bicyclic) bond motifs is 3. The summed E-state index contributed by atoms with van der Waals surface area (Å²) in [6.07, 6.45) is 0. The van der Waals surface area contributed by atoms with Gasteiger partial charge in [-0.2, -0.15) is 0 Å². The molecule has 0 aliphatic heterocycles. The smallest absolute Gasteiger partial charge is 0.0973 e. The maximum absolute atomic E-state index is 5.08. The highest BCUT2D eigenvalue weighted by molar-refractivity contribution is 5.92. The minimum absolute atomic E-state index is 0.874. The first-order valence-electron chi connectivity index (χ1n) is 39.2. The zero-order chi connectivity index (χ0) is 78.3. The standard InChI is InChI=1S/2C38H27N3.C32H23N3/c1-4-13-28(14-5-1)31-17-12-20-34(27-31)41(32-18-8-3-9-19-32)33-25-23-30(24-26-33)38-37(29-15-6-2-7-16-29)39-35-21-10-11-22-36(35)40-38;1-4-12-28(13-5-1)29-20-24-33(25-21-29)41(32-16-8-3-9-17-32)34-26-22-31(23-27-34)38-37(30-14-6-2-7-15-30)39-35-18-10-11-19-36(35)40-38;1-4-12-24(13-5-1)31-32(34-30-19-11-10-18-29(30)33-31)25-20-22-28(23-21-25)35(26-14-6-2-7-15-26)27-16-8-3-9-17-27/h2*1-27H;1-23H. The van der Waals surface area contributed by atoms with Crippen molar-refractivity contribution in [3.05, 3.63) is 467 Å². The molecule has 0 bridgehead atoms. The fourth-order valence-electron chi connectivity index (χ4n) is 14.8. The second-order valence-corrected chi connectivity index (χ2v) is 28.1. The molecule has 3 aromatic heterocycles. The summed E-state index contributed by atoms with van der Waals surface area (Å²) in [6.45, 7) is 0. The summed E-state index contributed by atoms with van der Waals surface area (Å²) in [5.74, 6) is 0. The lowest BCUT2D eigenvalue weighted by Gasteiger charge is -2.26. The Hall–Kier alpha value is -15.8. The van der Waals surface area contributed by atoms with Gasteiger partial charge in [0.2, 0.25) is 0 Å². The maximum atomic E-state index is 5.08. The fourth-order valence-corrected chi connectivity index (χ4v) is 14.8. The molecule has 3 heterocycles. The molecule has 20 aromatic rings. The lowest BCUT2D eigenvalue weighted by atomic mass is 10.0. The molecule has 117 heavy (non-hydrogen) atoms. The van der Waals surface area contributed by atoms with Crippen LogP contribution in [0.2, 0.25) is 0 Å². The molecule has 0 amide bonds.